The molecule has 0 saturated carbocycles. The summed E-state index contributed by atoms with van der Waals surface area (Å²) in [5.74, 6) is -0.0542. The minimum absolute atomic E-state index is 0.319. The lowest BCUT2D eigenvalue weighted by Crippen LogP contribution is -2.06. The van der Waals surface area contributed by atoms with Crippen molar-refractivity contribution >= 4 is 17.3 Å². The van der Waals surface area contributed by atoms with Crippen LogP contribution in [-0.2, 0) is 4.74 Å². The Morgan fingerprint density at radius 2 is 2.44 bits per heavy atom. The van der Waals surface area contributed by atoms with Crippen LogP contribution in [0.15, 0.2) is 15.4 Å². The molecule has 0 aromatic carbocycles. The van der Waals surface area contributed by atoms with Gasteiger partial charge in [0.15, 0.2) is 0 Å². The number of hydrogen-bond donors (Lipinski definition) is 0. The van der Waals surface area contributed by atoms with Crippen molar-refractivity contribution in [3.05, 3.63) is 22.1 Å². The fraction of sp³-hybridized carbons (Fsp3) is 0.300. The first-order valence-corrected chi connectivity index (χ1v) is 5.70. The van der Waals surface area contributed by atoms with Gasteiger partial charge in [-0.15, -0.1) is 11.3 Å². The summed E-state index contributed by atoms with van der Waals surface area (Å²) in [6.45, 7) is 3.77. The van der Waals surface area contributed by atoms with Gasteiger partial charge in [0.25, 0.3) is 0 Å². The molecule has 2 aromatic heterocycles. The molecule has 0 spiro atoms. The average Bonchev–Trinajstić information content (AvgIpc) is 2.86. The highest BCUT2D eigenvalue weighted by molar-refractivity contribution is 7.07. The van der Waals surface area contributed by atoms with Crippen LogP contribution in [0.2, 0.25) is 0 Å². The third-order valence-electron chi connectivity index (χ3n) is 2.01. The molecule has 0 radical (unpaired) electrons. The molecule has 6 heteroatoms. The molecule has 16 heavy (non-hydrogen) atoms. The average molecular weight is 238 g/mol. The van der Waals surface area contributed by atoms with Gasteiger partial charge in [0.1, 0.15) is 11.3 Å². The smallest absolute Gasteiger partial charge is 0.344 e. The predicted molar refractivity (Wildman–Crippen MR) is 58.3 cm³/mol. The summed E-state index contributed by atoms with van der Waals surface area (Å²) < 4.78 is 10.0. The molecule has 2 rings (SSSR count). The molecule has 2 heterocycles. The van der Waals surface area contributed by atoms with Crippen molar-refractivity contribution in [3.63, 3.8) is 0 Å². The number of ether oxygens (including phenoxy) is 1. The lowest BCUT2D eigenvalue weighted by molar-refractivity contribution is 0.0526. The van der Waals surface area contributed by atoms with Crippen molar-refractivity contribution < 1.29 is 14.1 Å². The summed E-state index contributed by atoms with van der Waals surface area (Å²) in [6, 6.07) is 0. The number of thiazole rings is 1. The van der Waals surface area contributed by atoms with E-state index < -0.39 is 5.97 Å². The maximum absolute atomic E-state index is 11.7. The zero-order chi connectivity index (χ0) is 11.5. The van der Waals surface area contributed by atoms with Crippen molar-refractivity contribution in [1.29, 1.82) is 0 Å². The Labute approximate surface area is 96.0 Å². The van der Waals surface area contributed by atoms with Crippen molar-refractivity contribution in [2.45, 2.75) is 13.8 Å². The number of carbonyl (C=O) groups is 1. The van der Waals surface area contributed by atoms with Gasteiger partial charge in [0, 0.05) is 5.38 Å². The van der Waals surface area contributed by atoms with Crippen molar-refractivity contribution in [2.75, 3.05) is 6.61 Å². The molecule has 0 bridgehead atoms. The van der Waals surface area contributed by atoms with Crippen LogP contribution >= 0.6 is 11.3 Å². The van der Waals surface area contributed by atoms with E-state index in [-0.39, 0.29) is 0 Å². The largest absolute Gasteiger partial charge is 0.462 e. The van der Waals surface area contributed by atoms with Gasteiger partial charge < -0.3 is 9.26 Å². The van der Waals surface area contributed by atoms with E-state index >= 15 is 0 Å². The van der Waals surface area contributed by atoms with E-state index in [1.165, 1.54) is 11.3 Å². The zero-order valence-electron chi connectivity index (χ0n) is 8.89. The first kappa shape index (κ1) is 10.8. The summed E-state index contributed by atoms with van der Waals surface area (Å²) >= 11 is 1.43. The van der Waals surface area contributed by atoms with Gasteiger partial charge in [-0.1, -0.05) is 5.16 Å². The first-order valence-electron chi connectivity index (χ1n) is 4.76. The molecule has 0 unspecified atom stereocenters. The highest BCUT2D eigenvalue weighted by atomic mass is 32.1. The van der Waals surface area contributed by atoms with Crippen LogP contribution in [0.25, 0.3) is 11.5 Å². The molecule has 0 aliphatic heterocycles. The molecule has 0 amide bonds. The van der Waals surface area contributed by atoms with Crippen LogP contribution in [0.1, 0.15) is 23.0 Å². The van der Waals surface area contributed by atoms with Crippen molar-refractivity contribution in [2.24, 2.45) is 0 Å². The molecule has 84 valence electrons. The van der Waals surface area contributed by atoms with Crippen molar-refractivity contribution in [3.8, 4) is 11.5 Å². The van der Waals surface area contributed by atoms with Gasteiger partial charge in [0.05, 0.1) is 17.8 Å². The van der Waals surface area contributed by atoms with Gasteiger partial charge in [-0.3, -0.25) is 0 Å². The number of nitrogens with zero attached hydrogens (tertiary/aromatic N) is 2. The third kappa shape index (κ3) is 1.83. The quantitative estimate of drug-likeness (QED) is 0.767. The molecular weight excluding hydrogens is 228 g/mol. The summed E-state index contributed by atoms with van der Waals surface area (Å²) in [4.78, 5) is 15.8. The van der Waals surface area contributed by atoms with Crippen molar-refractivity contribution in [1.82, 2.24) is 10.1 Å². The monoisotopic (exact) mass is 238 g/mol. The van der Waals surface area contributed by atoms with E-state index in [4.69, 9.17) is 9.26 Å². The van der Waals surface area contributed by atoms with Gasteiger partial charge in [-0.25, -0.2) is 9.78 Å². The predicted octanol–water partition coefficient (Wildman–Crippen LogP) is 2.28. The second kappa shape index (κ2) is 4.44. The van der Waals surface area contributed by atoms with E-state index in [0.29, 0.717) is 29.3 Å². The summed E-state index contributed by atoms with van der Waals surface area (Å²) in [6.07, 6.45) is 0. The van der Waals surface area contributed by atoms with E-state index in [9.17, 15) is 4.79 Å². The number of esters is 1. The molecule has 0 saturated heterocycles. The highest BCUT2D eigenvalue weighted by Crippen LogP contribution is 2.26. The lowest BCUT2D eigenvalue weighted by atomic mass is 10.1. The van der Waals surface area contributed by atoms with E-state index in [1.54, 1.807) is 24.7 Å². The maximum atomic E-state index is 11.7. The summed E-state index contributed by atoms with van der Waals surface area (Å²) in [5.41, 5.74) is 3.14. The fourth-order valence-corrected chi connectivity index (χ4v) is 1.84. The SMILES string of the molecule is CCOC(=O)c1c(C)noc1-c1cscn1. The molecular formula is C10H10N2O3S. The Hall–Kier alpha value is -1.69. The zero-order valence-corrected chi connectivity index (χ0v) is 9.71. The number of aromatic nitrogens is 2. The second-order valence-corrected chi connectivity index (χ2v) is 3.78. The molecule has 0 N–H and O–H groups in total. The van der Waals surface area contributed by atoms with Crippen LogP contribution in [0.3, 0.4) is 0 Å². The first-order chi connectivity index (χ1) is 7.74. The number of rotatable bonds is 3. The van der Waals surface area contributed by atoms with Crippen LogP contribution in [0.4, 0.5) is 0 Å². The van der Waals surface area contributed by atoms with Gasteiger partial charge in [-0.2, -0.15) is 0 Å². The topological polar surface area (TPSA) is 65.2 Å². The van der Waals surface area contributed by atoms with Gasteiger partial charge >= 0.3 is 5.97 Å². The number of aryl methyl sites for hydroxylation is 1. The minimum Gasteiger partial charge on any atom is -0.462 e. The highest BCUT2D eigenvalue weighted by Gasteiger charge is 2.23. The summed E-state index contributed by atoms with van der Waals surface area (Å²) in [5, 5.41) is 5.56. The molecule has 0 atom stereocenters. The summed E-state index contributed by atoms with van der Waals surface area (Å²) in [7, 11) is 0. The normalized spacial score (nSPS) is 10.4. The fourth-order valence-electron chi connectivity index (χ4n) is 1.31. The van der Waals surface area contributed by atoms with Crippen LogP contribution in [0, 0.1) is 6.92 Å². The number of carbonyl (C=O) groups excluding carboxylic acids is 1. The Kier molecular flexibility index (Phi) is 3.00. The van der Waals surface area contributed by atoms with Crippen LogP contribution in [-0.4, -0.2) is 22.7 Å². The van der Waals surface area contributed by atoms with E-state index in [1.807, 2.05) is 0 Å². The lowest BCUT2D eigenvalue weighted by Gasteiger charge is -2.00. The van der Waals surface area contributed by atoms with Crippen LogP contribution in [0.5, 0.6) is 0 Å². The molecule has 0 aliphatic carbocycles. The molecule has 5 nitrogen and oxygen atoms in total. The van der Waals surface area contributed by atoms with Crippen LogP contribution < -0.4 is 0 Å². The van der Waals surface area contributed by atoms with E-state index in [0.717, 1.165) is 0 Å². The molecule has 0 fully saturated rings. The Morgan fingerprint density at radius 3 is 3.06 bits per heavy atom. The van der Waals surface area contributed by atoms with E-state index in [2.05, 4.69) is 10.1 Å². The maximum Gasteiger partial charge on any atom is 0.344 e. The minimum atomic E-state index is -0.427. The second-order valence-electron chi connectivity index (χ2n) is 3.07. The Balaban J connectivity index is 2.44. The van der Waals surface area contributed by atoms with Gasteiger partial charge in [0.2, 0.25) is 5.76 Å². The van der Waals surface area contributed by atoms with Gasteiger partial charge in [-0.05, 0) is 13.8 Å². The Morgan fingerprint density at radius 1 is 1.62 bits per heavy atom. The Bertz CT molecular complexity index is 490. The molecule has 2 aromatic rings. The number of hydrogen-bond acceptors (Lipinski definition) is 6. The molecule has 0 aliphatic rings. The third-order valence-corrected chi connectivity index (χ3v) is 2.59. The standard InChI is InChI=1S/C10H10N2O3S/c1-3-14-10(13)8-6(2)12-15-9(8)7-4-16-5-11-7/h4-5H,3H2,1-2H3.